The summed E-state index contributed by atoms with van der Waals surface area (Å²) in [5.74, 6) is 0. The quantitative estimate of drug-likeness (QED) is 0.817. The highest BCUT2D eigenvalue weighted by Crippen LogP contribution is 2.25. The maximum atomic E-state index is 6.09. The minimum Gasteiger partial charge on any atom is -0.326 e. The molecular weight excluding hydrogens is 184 g/mol. The van der Waals surface area contributed by atoms with Crippen LogP contribution in [0.4, 0.5) is 0 Å². The molecule has 2 unspecified atom stereocenters. The summed E-state index contributed by atoms with van der Waals surface area (Å²) in [4.78, 5) is 2.47. The van der Waals surface area contributed by atoms with Gasteiger partial charge in [-0.2, -0.15) is 0 Å². The van der Waals surface area contributed by atoms with Crippen LogP contribution in [0, 0.1) is 0 Å². The maximum Gasteiger partial charge on any atom is 0.0244 e. The first kappa shape index (κ1) is 10.7. The van der Waals surface area contributed by atoms with Gasteiger partial charge < -0.3 is 5.73 Å². The maximum absolute atomic E-state index is 6.09. The minimum absolute atomic E-state index is 0.291. The lowest BCUT2D eigenvalue weighted by Crippen LogP contribution is -2.43. The Morgan fingerprint density at radius 1 is 1.27 bits per heavy atom. The van der Waals surface area contributed by atoms with Crippen molar-refractivity contribution < 1.29 is 0 Å². The molecule has 1 aliphatic heterocycles. The standard InChI is InChI=1S/C13H20N2/c1-3-13(14)10(2)15-8-11-6-4-5-7-12(11)9-15/h4-7,10,13H,3,8-9,14H2,1-2H3. The first-order chi connectivity index (χ1) is 7.22. The van der Waals surface area contributed by atoms with E-state index in [0.717, 1.165) is 19.5 Å². The van der Waals surface area contributed by atoms with Gasteiger partial charge in [-0.05, 0) is 24.5 Å². The van der Waals surface area contributed by atoms with E-state index in [1.165, 1.54) is 11.1 Å². The predicted molar refractivity (Wildman–Crippen MR) is 63.4 cm³/mol. The van der Waals surface area contributed by atoms with Crippen LogP contribution in [0.1, 0.15) is 31.4 Å². The molecule has 2 heteroatoms. The summed E-state index contributed by atoms with van der Waals surface area (Å²) in [6, 6.07) is 9.44. The molecule has 0 aliphatic carbocycles. The van der Waals surface area contributed by atoms with Crippen molar-refractivity contribution in [3.8, 4) is 0 Å². The molecular formula is C13H20N2. The van der Waals surface area contributed by atoms with Crippen LogP contribution >= 0.6 is 0 Å². The largest absolute Gasteiger partial charge is 0.326 e. The average Bonchev–Trinajstić information content (AvgIpc) is 2.70. The summed E-state index contributed by atoms with van der Waals surface area (Å²) >= 11 is 0. The Kier molecular flexibility index (Phi) is 3.08. The number of nitrogens with two attached hydrogens (primary N) is 1. The second-order valence-corrected chi connectivity index (χ2v) is 4.49. The van der Waals surface area contributed by atoms with Gasteiger partial charge in [0.15, 0.2) is 0 Å². The molecule has 2 rings (SSSR count). The molecule has 0 bridgehead atoms. The molecule has 0 radical (unpaired) electrons. The molecule has 15 heavy (non-hydrogen) atoms. The van der Waals surface area contributed by atoms with Crippen LogP contribution in [-0.4, -0.2) is 17.0 Å². The topological polar surface area (TPSA) is 29.3 Å². The number of nitrogens with zero attached hydrogens (tertiary/aromatic N) is 1. The third kappa shape index (κ3) is 2.06. The van der Waals surface area contributed by atoms with E-state index in [1.807, 2.05) is 0 Å². The van der Waals surface area contributed by atoms with Gasteiger partial charge in [-0.3, -0.25) is 4.90 Å². The molecule has 0 saturated carbocycles. The van der Waals surface area contributed by atoms with E-state index >= 15 is 0 Å². The lowest BCUT2D eigenvalue weighted by atomic mass is 10.1. The van der Waals surface area contributed by atoms with E-state index in [-0.39, 0.29) is 0 Å². The molecule has 82 valence electrons. The third-order valence-corrected chi connectivity index (χ3v) is 3.53. The highest BCUT2D eigenvalue weighted by Gasteiger charge is 2.25. The van der Waals surface area contributed by atoms with Gasteiger partial charge in [0.05, 0.1) is 0 Å². The highest BCUT2D eigenvalue weighted by atomic mass is 15.2. The lowest BCUT2D eigenvalue weighted by Gasteiger charge is -2.28. The van der Waals surface area contributed by atoms with Crippen LogP contribution in [-0.2, 0) is 13.1 Å². The zero-order valence-corrected chi connectivity index (χ0v) is 9.61. The van der Waals surface area contributed by atoms with E-state index in [2.05, 4.69) is 43.0 Å². The second-order valence-electron chi connectivity index (χ2n) is 4.49. The van der Waals surface area contributed by atoms with Gasteiger partial charge in [-0.15, -0.1) is 0 Å². The Morgan fingerprint density at radius 3 is 2.27 bits per heavy atom. The van der Waals surface area contributed by atoms with Crippen molar-refractivity contribution in [3.63, 3.8) is 0 Å². The average molecular weight is 204 g/mol. The second kappa shape index (κ2) is 4.33. The first-order valence-electron chi connectivity index (χ1n) is 5.78. The normalized spacial score (nSPS) is 19.9. The summed E-state index contributed by atoms with van der Waals surface area (Å²) in [5, 5.41) is 0. The monoisotopic (exact) mass is 204 g/mol. The van der Waals surface area contributed by atoms with Crippen molar-refractivity contribution in [3.05, 3.63) is 35.4 Å². The highest BCUT2D eigenvalue weighted by molar-refractivity contribution is 5.30. The van der Waals surface area contributed by atoms with Crippen molar-refractivity contribution in [1.29, 1.82) is 0 Å². The Balaban J connectivity index is 2.07. The summed E-state index contributed by atoms with van der Waals surface area (Å²) < 4.78 is 0. The molecule has 0 aromatic heterocycles. The predicted octanol–water partition coefficient (Wildman–Crippen LogP) is 2.13. The number of rotatable bonds is 3. The zero-order chi connectivity index (χ0) is 10.8. The molecule has 1 aliphatic rings. The van der Waals surface area contributed by atoms with Gasteiger partial charge in [-0.25, -0.2) is 0 Å². The Bertz CT molecular complexity index is 310. The van der Waals surface area contributed by atoms with E-state index in [4.69, 9.17) is 5.73 Å². The molecule has 0 saturated heterocycles. The molecule has 2 N–H and O–H groups in total. The zero-order valence-electron chi connectivity index (χ0n) is 9.61. The third-order valence-electron chi connectivity index (χ3n) is 3.53. The molecule has 0 amide bonds. The Hall–Kier alpha value is -0.860. The summed E-state index contributed by atoms with van der Waals surface area (Å²) in [6.45, 7) is 6.51. The number of benzene rings is 1. The minimum atomic E-state index is 0.291. The van der Waals surface area contributed by atoms with Crippen LogP contribution in [0.5, 0.6) is 0 Å². The van der Waals surface area contributed by atoms with Crippen LogP contribution < -0.4 is 5.73 Å². The fraction of sp³-hybridized carbons (Fsp3) is 0.538. The van der Waals surface area contributed by atoms with Gasteiger partial charge >= 0.3 is 0 Å². The molecule has 2 atom stereocenters. The van der Waals surface area contributed by atoms with E-state index < -0.39 is 0 Å². The fourth-order valence-corrected chi connectivity index (χ4v) is 2.26. The SMILES string of the molecule is CCC(N)C(C)N1Cc2ccccc2C1. The summed E-state index contributed by atoms with van der Waals surface area (Å²) in [6.07, 6.45) is 1.05. The molecule has 0 spiro atoms. The molecule has 0 fully saturated rings. The van der Waals surface area contributed by atoms with Crippen molar-refractivity contribution >= 4 is 0 Å². The van der Waals surface area contributed by atoms with Crippen LogP contribution in [0.15, 0.2) is 24.3 Å². The van der Waals surface area contributed by atoms with Crippen molar-refractivity contribution in [2.75, 3.05) is 0 Å². The number of hydrogen-bond acceptors (Lipinski definition) is 2. The molecule has 2 nitrogen and oxygen atoms in total. The molecule has 1 heterocycles. The van der Waals surface area contributed by atoms with Crippen molar-refractivity contribution in [2.24, 2.45) is 5.73 Å². The van der Waals surface area contributed by atoms with Gasteiger partial charge in [0, 0.05) is 25.2 Å². The van der Waals surface area contributed by atoms with E-state index in [1.54, 1.807) is 0 Å². The van der Waals surface area contributed by atoms with Crippen LogP contribution in [0.2, 0.25) is 0 Å². The van der Waals surface area contributed by atoms with Crippen molar-refractivity contribution in [1.82, 2.24) is 4.90 Å². The van der Waals surface area contributed by atoms with Gasteiger partial charge in [-0.1, -0.05) is 31.2 Å². The fourth-order valence-electron chi connectivity index (χ4n) is 2.26. The first-order valence-corrected chi connectivity index (χ1v) is 5.78. The molecule has 1 aromatic carbocycles. The van der Waals surface area contributed by atoms with Crippen LogP contribution in [0.25, 0.3) is 0 Å². The van der Waals surface area contributed by atoms with Gasteiger partial charge in [0.2, 0.25) is 0 Å². The Morgan fingerprint density at radius 2 is 1.80 bits per heavy atom. The number of hydrogen-bond donors (Lipinski definition) is 1. The summed E-state index contributed by atoms with van der Waals surface area (Å²) in [5.41, 5.74) is 9.02. The lowest BCUT2D eigenvalue weighted by molar-refractivity contribution is 0.183. The van der Waals surface area contributed by atoms with Crippen LogP contribution in [0.3, 0.4) is 0 Å². The molecule has 1 aromatic rings. The van der Waals surface area contributed by atoms with E-state index in [9.17, 15) is 0 Å². The summed E-state index contributed by atoms with van der Waals surface area (Å²) in [7, 11) is 0. The van der Waals surface area contributed by atoms with E-state index in [0.29, 0.717) is 12.1 Å². The Labute approximate surface area is 92.1 Å². The van der Waals surface area contributed by atoms with Crippen molar-refractivity contribution in [2.45, 2.75) is 45.4 Å². The smallest absolute Gasteiger partial charge is 0.0244 e. The van der Waals surface area contributed by atoms with Gasteiger partial charge in [0.1, 0.15) is 0 Å². The van der Waals surface area contributed by atoms with Gasteiger partial charge in [0.25, 0.3) is 0 Å². The number of fused-ring (bicyclic) bond motifs is 1.